The fraction of sp³-hybridized carbons (Fsp3) is 0.524. The van der Waals surface area contributed by atoms with Gasteiger partial charge in [-0.15, -0.1) is 11.3 Å². The SMILES string of the molecule is CCOC(=O)C1=C(C)OC2=C(C(=O)CC(C)(C)C2)[C@H]1c1ccc(CC)s1. The van der Waals surface area contributed by atoms with Gasteiger partial charge in [0, 0.05) is 28.2 Å². The van der Waals surface area contributed by atoms with Gasteiger partial charge in [-0.1, -0.05) is 20.8 Å². The lowest BCUT2D eigenvalue weighted by Crippen LogP contribution is -2.33. The number of ether oxygens (including phenoxy) is 2. The van der Waals surface area contributed by atoms with Gasteiger partial charge in [0.2, 0.25) is 0 Å². The van der Waals surface area contributed by atoms with E-state index in [-0.39, 0.29) is 17.1 Å². The number of esters is 1. The Bertz CT molecular complexity index is 810. The summed E-state index contributed by atoms with van der Waals surface area (Å²) in [5.41, 5.74) is 0.970. The smallest absolute Gasteiger partial charge is 0.338 e. The second kappa shape index (κ2) is 7.03. The van der Waals surface area contributed by atoms with Crippen LogP contribution in [-0.2, 0) is 25.5 Å². The maximum absolute atomic E-state index is 13.0. The zero-order valence-corrected chi connectivity index (χ0v) is 16.9. The summed E-state index contributed by atoms with van der Waals surface area (Å²) in [4.78, 5) is 28.0. The van der Waals surface area contributed by atoms with Gasteiger partial charge in [0.25, 0.3) is 0 Å². The molecule has 2 heterocycles. The highest BCUT2D eigenvalue weighted by atomic mass is 32.1. The molecule has 5 heteroatoms. The number of ketones is 1. The first-order valence-electron chi connectivity index (χ1n) is 9.18. The van der Waals surface area contributed by atoms with E-state index in [1.54, 1.807) is 25.2 Å². The third-order valence-corrected chi connectivity index (χ3v) is 6.22. The summed E-state index contributed by atoms with van der Waals surface area (Å²) in [6.07, 6.45) is 2.09. The van der Waals surface area contributed by atoms with E-state index in [9.17, 15) is 9.59 Å². The maximum Gasteiger partial charge on any atom is 0.338 e. The second-order valence-corrected chi connectivity index (χ2v) is 8.86. The fourth-order valence-corrected chi connectivity index (χ4v) is 4.85. The molecule has 1 atom stereocenters. The van der Waals surface area contributed by atoms with Crippen LogP contribution in [-0.4, -0.2) is 18.4 Å². The lowest BCUT2D eigenvalue weighted by molar-refractivity contribution is -0.139. The van der Waals surface area contributed by atoms with E-state index in [1.165, 1.54) is 4.88 Å². The van der Waals surface area contributed by atoms with Crippen LogP contribution in [0.5, 0.6) is 0 Å². The molecule has 0 unspecified atom stereocenters. The minimum Gasteiger partial charge on any atom is -0.465 e. The quantitative estimate of drug-likeness (QED) is 0.703. The van der Waals surface area contributed by atoms with Crippen LogP contribution in [0.25, 0.3) is 0 Å². The molecular weight excluding hydrogens is 348 g/mol. The Morgan fingerprint density at radius 1 is 1.31 bits per heavy atom. The van der Waals surface area contributed by atoms with Crippen molar-refractivity contribution in [3.05, 3.63) is 44.6 Å². The Labute approximate surface area is 158 Å². The predicted octanol–water partition coefficient (Wildman–Crippen LogP) is 4.90. The number of allylic oxidation sites excluding steroid dienone is 3. The van der Waals surface area contributed by atoms with E-state index in [2.05, 4.69) is 26.8 Å². The number of carbonyl (C=O) groups excluding carboxylic acids is 2. The van der Waals surface area contributed by atoms with Gasteiger partial charge in [-0.3, -0.25) is 4.79 Å². The van der Waals surface area contributed by atoms with Gasteiger partial charge in [0.15, 0.2) is 5.78 Å². The van der Waals surface area contributed by atoms with E-state index in [1.807, 2.05) is 6.07 Å². The van der Waals surface area contributed by atoms with Gasteiger partial charge in [-0.25, -0.2) is 4.79 Å². The molecule has 1 aliphatic carbocycles. The molecule has 0 fully saturated rings. The molecule has 1 aromatic rings. The maximum atomic E-state index is 13.0. The summed E-state index contributed by atoms with van der Waals surface area (Å²) in [7, 11) is 0. The summed E-state index contributed by atoms with van der Waals surface area (Å²) in [6.45, 7) is 10.1. The number of rotatable bonds is 4. The Hall–Kier alpha value is -1.88. The highest BCUT2D eigenvalue weighted by Crippen LogP contribution is 2.50. The van der Waals surface area contributed by atoms with E-state index in [4.69, 9.17) is 9.47 Å². The van der Waals surface area contributed by atoms with E-state index >= 15 is 0 Å². The lowest BCUT2D eigenvalue weighted by atomic mass is 9.71. The average Bonchev–Trinajstić information content (AvgIpc) is 3.01. The minimum atomic E-state index is -0.398. The molecule has 3 rings (SSSR count). The van der Waals surface area contributed by atoms with Crippen LogP contribution in [0.15, 0.2) is 34.8 Å². The monoisotopic (exact) mass is 374 g/mol. The van der Waals surface area contributed by atoms with Gasteiger partial charge in [0.05, 0.1) is 18.1 Å². The number of hydrogen-bond acceptors (Lipinski definition) is 5. The van der Waals surface area contributed by atoms with Crippen molar-refractivity contribution in [2.24, 2.45) is 5.41 Å². The lowest BCUT2D eigenvalue weighted by Gasteiger charge is -2.37. The topological polar surface area (TPSA) is 52.6 Å². The first kappa shape index (κ1) is 18.9. The highest BCUT2D eigenvalue weighted by Gasteiger charge is 2.44. The van der Waals surface area contributed by atoms with Crippen molar-refractivity contribution < 1.29 is 19.1 Å². The van der Waals surface area contributed by atoms with Crippen LogP contribution in [0.3, 0.4) is 0 Å². The molecule has 4 nitrogen and oxygen atoms in total. The van der Waals surface area contributed by atoms with Crippen LogP contribution in [0.4, 0.5) is 0 Å². The molecule has 2 aliphatic rings. The average molecular weight is 375 g/mol. The highest BCUT2D eigenvalue weighted by molar-refractivity contribution is 7.12. The molecule has 26 heavy (non-hydrogen) atoms. The first-order chi connectivity index (χ1) is 12.3. The summed E-state index contributed by atoms with van der Waals surface area (Å²) in [5.74, 6) is 0.553. The largest absolute Gasteiger partial charge is 0.465 e. The van der Waals surface area contributed by atoms with E-state index in [0.29, 0.717) is 42.1 Å². The standard InChI is InChI=1S/C21H26O4S/c1-6-13-8-9-16(26-13)19-17(20(23)24-7-2)12(3)25-15-11-21(4,5)10-14(22)18(15)19/h8-9,19H,6-7,10-11H2,1-5H3/t19-/m0/s1. The molecule has 1 aliphatic heterocycles. The van der Waals surface area contributed by atoms with Gasteiger partial charge >= 0.3 is 5.97 Å². The van der Waals surface area contributed by atoms with Crippen LogP contribution in [0.1, 0.15) is 63.1 Å². The third-order valence-electron chi connectivity index (χ3n) is 4.92. The second-order valence-electron chi connectivity index (χ2n) is 7.66. The molecule has 0 N–H and O–H groups in total. The molecular formula is C21H26O4S. The number of Topliss-reactive ketones (excluding diaryl/α,β-unsaturated/α-hetero) is 1. The van der Waals surface area contributed by atoms with Crippen LogP contribution >= 0.6 is 11.3 Å². The Balaban J connectivity index is 2.15. The van der Waals surface area contributed by atoms with Gasteiger partial charge in [-0.05, 0) is 37.8 Å². The molecule has 0 amide bonds. The normalized spacial score (nSPS) is 22.2. The molecule has 0 saturated heterocycles. The summed E-state index contributed by atoms with van der Waals surface area (Å²) in [6, 6.07) is 4.11. The molecule has 0 spiro atoms. The predicted molar refractivity (Wildman–Crippen MR) is 102 cm³/mol. The first-order valence-corrected chi connectivity index (χ1v) is 9.99. The van der Waals surface area contributed by atoms with E-state index < -0.39 is 5.97 Å². The Kier molecular flexibility index (Phi) is 5.11. The zero-order valence-electron chi connectivity index (χ0n) is 16.1. The summed E-state index contributed by atoms with van der Waals surface area (Å²) < 4.78 is 11.3. The number of aryl methyl sites for hydroxylation is 1. The molecule has 0 saturated carbocycles. The Morgan fingerprint density at radius 2 is 2.04 bits per heavy atom. The van der Waals surface area contributed by atoms with Crippen molar-refractivity contribution in [3.63, 3.8) is 0 Å². The third kappa shape index (κ3) is 3.37. The van der Waals surface area contributed by atoms with Gasteiger partial charge in [0.1, 0.15) is 11.5 Å². The van der Waals surface area contributed by atoms with Crippen LogP contribution in [0, 0.1) is 5.41 Å². The van der Waals surface area contributed by atoms with Crippen LogP contribution in [0.2, 0.25) is 0 Å². The van der Waals surface area contributed by atoms with Crippen molar-refractivity contribution in [2.75, 3.05) is 6.61 Å². The zero-order chi connectivity index (χ0) is 19.1. The minimum absolute atomic E-state index is 0.0713. The Morgan fingerprint density at radius 3 is 2.65 bits per heavy atom. The molecule has 0 radical (unpaired) electrons. The molecule has 0 bridgehead atoms. The van der Waals surface area contributed by atoms with Gasteiger partial charge in [-0.2, -0.15) is 0 Å². The van der Waals surface area contributed by atoms with Crippen molar-refractivity contribution in [1.29, 1.82) is 0 Å². The summed E-state index contributed by atoms with van der Waals surface area (Å²) >= 11 is 1.65. The van der Waals surface area contributed by atoms with Crippen molar-refractivity contribution >= 4 is 23.1 Å². The van der Waals surface area contributed by atoms with Crippen molar-refractivity contribution in [3.8, 4) is 0 Å². The molecule has 0 aromatic carbocycles. The van der Waals surface area contributed by atoms with E-state index in [0.717, 1.165) is 11.3 Å². The van der Waals surface area contributed by atoms with Crippen molar-refractivity contribution in [2.45, 2.75) is 59.8 Å². The number of hydrogen-bond donors (Lipinski definition) is 0. The fourth-order valence-electron chi connectivity index (χ4n) is 3.77. The molecule has 1 aromatic heterocycles. The van der Waals surface area contributed by atoms with Crippen LogP contribution < -0.4 is 0 Å². The van der Waals surface area contributed by atoms with Gasteiger partial charge < -0.3 is 9.47 Å². The number of carbonyl (C=O) groups is 2. The number of thiophene rings is 1. The van der Waals surface area contributed by atoms with Crippen molar-refractivity contribution in [1.82, 2.24) is 0 Å². The molecule has 140 valence electrons. The summed E-state index contributed by atoms with van der Waals surface area (Å²) in [5, 5.41) is 0.